The van der Waals surface area contributed by atoms with Crippen LogP contribution in [0, 0.1) is 19.8 Å². The third-order valence-corrected chi connectivity index (χ3v) is 9.08. The molecule has 10 heteroatoms. The highest BCUT2D eigenvalue weighted by molar-refractivity contribution is 7.92. The number of anilines is 1. The van der Waals surface area contributed by atoms with E-state index in [2.05, 4.69) is 5.32 Å². The summed E-state index contributed by atoms with van der Waals surface area (Å²) in [7, 11) is -2.63. The first-order valence-corrected chi connectivity index (χ1v) is 15.7. The molecule has 1 N–H and O–H groups in total. The average molecular weight is 614 g/mol. The number of hydrogen-bond donors (Lipinski definition) is 1. The zero-order chi connectivity index (χ0) is 31.0. The molecule has 8 nitrogen and oxygen atoms in total. The van der Waals surface area contributed by atoms with Gasteiger partial charge in [0.2, 0.25) is 11.8 Å². The SMILES string of the molecule is CC[C@H](C(=O)NCC(C)C)N(Cc1cccc(OC)c1)C(=O)CN(c1ccc(C)c(Cl)c1)S(=O)(=O)c1ccc(C)cc1. The molecule has 0 saturated carbocycles. The van der Waals surface area contributed by atoms with E-state index in [1.54, 1.807) is 49.6 Å². The number of carbonyl (C=O) groups is 2. The van der Waals surface area contributed by atoms with Crippen LogP contribution >= 0.6 is 11.6 Å². The molecular weight excluding hydrogens is 574 g/mol. The standard InChI is InChI=1S/C32H40ClN3O5S/c1-7-30(32(38)34-19-22(2)3)35(20-25-9-8-10-27(17-25)41-6)31(37)21-36(26-14-13-24(5)29(33)18-26)42(39,40)28-15-11-23(4)12-16-28/h8-18,22,30H,7,19-21H2,1-6H3,(H,34,38)/t30-/m1/s1. The third kappa shape index (κ3) is 8.26. The van der Waals surface area contributed by atoms with Gasteiger partial charge in [-0.3, -0.25) is 13.9 Å². The predicted molar refractivity (Wildman–Crippen MR) is 167 cm³/mol. The number of rotatable bonds is 13. The second-order valence-electron chi connectivity index (χ2n) is 10.7. The van der Waals surface area contributed by atoms with Gasteiger partial charge in [-0.05, 0) is 73.7 Å². The number of hydrogen-bond acceptors (Lipinski definition) is 5. The maximum Gasteiger partial charge on any atom is 0.264 e. The highest BCUT2D eigenvalue weighted by atomic mass is 35.5. The van der Waals surface area contributed by atoms with E-state index >= 15 is 0 Å². The Morgan fingerprint density at radius 1 is 1.00 bits per heavy atom. The topological polar surface area (TPSA) is 96.0 Å². The van der Waals surface area contributed by atoms with E-state index in [-0.39, 0.29) is 29.0 Å². The molecule has 0 heterocycles. The van der Waals surface area contributed by atoms with Gasteiger partial charge in [0.15, 0.2) is 0 Å². The number of nitrogens with one attached hydrogen (secondary N) is 1. The van der Waals surface area contributed by atoms with Crippen LogP contribution in [0.4, 0.5) is 5.69 Å². The van der Waals surface area contributed by atoms with Crippen molar-refractivity contribution in [2.75, 3.05) is 24.5 Å². The van der Waals surface area contributed by atoms with Gasteiger partial charge in [0.25, 0.3) is 10.0 Å². The second-order valence-corrected chi connectivity index (χ2v) is 13.0. The Morgan fingerprint density at radius 2 is 1.69 bits per heavy atom. The summed E-state index contributed by atoms with van der Waals surface area (Å²) >= 11 is 6.40. The molecule has 3 aromatic rings. The first-order chi connectivity index (χ1) is 19.9. The molecule has 1 atom stereocenters. The van der Waals surface area contributed by atoms with Crippen LogP contribution in [-0.2, 0) is 26.2 Å². The van der Waals surface area contributed by atoms with Crippen LogP contribution in [0.2, 0.25) is 5.02 Å². The van der Waals surface area contributed by atoms with E-state index < -0.39 is 28.5 Å². The maximum atomic E-state index is 14.2. The number of ether oxygens (including phenoxy) is 1. The molecule has 42 heavy (non-hydrogen) atoms. The fraction of sp³-hybridized carbons (Fsp3) is 0.375. The van der Waals surface area contributed by atoms with Gasteiger partial charge < -0.3 is 15.0 Å². The number of aryl methyl sites for hydroxylation is 2. The molecule has 0 radical (unpaired) electrons. The Bertz CT molecular complexity index is 1490. The third-order valence-electron chi connectivity index (χ3n) is 6.89. The summed E-state index contributed by atoms with van der Waals surface area (Å²) < 4.78 is 34.4. The van der Waals surface area contributed by atoms with E-state index in [9.17, 15) is 18.0 Å². The summed E-state index contributed by atoms with van der Waals surface area (Å²) in [6.07, 6.45) is 0.334. The van der Waals surface area contributed by atoms with Crippen molar-refractivity contribution in [2.24, 2.45) is 5.92 Å². The molecule has 0 aliphatic heterocycles. The van der Waals surface area contributed by atoms with E-state index in [0.29, 0.717) is 23.7 Å². The Hall–Kier alpha value is -3.56. The van der Waals surface area contributed by atoms with Crippen molar-refractivity contribution in [1.82, 2.24) is 10.2 Å². The quantitative estimate of drug-likeness (QED) is 0.265. The minimum absolute atomic E-state index is 0.0404. The number of halogens is 1. The van der Waals surface area contributed by atoms with Crippen LogP contribution < -0.4 is 14.4 Å². The molecule has 0 fully saturated rings. The molecule has 226 valence electrons. The molecule has 0 saturated heterocycles. The minimum Gasteiger partial charge on any atom is -0.497 e. The Kier molecular flexibility index (Phi) is 11.4. The Morgan fingerprint density at radius 3 is 2.29 bits per heavy atom. The van der Waals surface area contributed by atoms with Crippen molar-refractivity contribution in [3.05, 3.63) is 88.4 Å². The average Bonchev–Trinajstić information content (AvgIpc) is 2.96. The van der Waals surface area contributed by atoms with Crippen molar-refractivity contribution in [3.8, 4) is 5.75 Å². The van der Waals surface area contributed by atoms with Gasteiger partial charge in [-0.2, -0.15) is 0 Å². The summed E-state index contributed by atoms with van der Waals surface area (Å²) in [6, 6.07) is 17.7. The van der Waals surface area contributed by atoms with Crippen LogP contribution in [0.5, 0.6) is 5.75 Å². The maximum absolute atomic E-state index is 14.2. The van der Waals surface area contributed by atoms with Crippen LogP contribution in [0.25, 0.3) is 0 Å². The molecule has 0 aliphatic rings. The summed E-state index contributed by atoms with van der Waals surface area (Å²) in [6.45, 7) is 9.47. The van der Waals surface area contributed by atoms with Gasteiger partial charge in [-0.1, -0.05) is 68.3 Å². The highest BCUT2D eigenvalue weighted by Crippen LogP contribution is 2.29. The molecule has 0 bridgehead atoms. The van der Waals surface area contributed by atoms with Crippen molar-refractivity contribution in [1.29, 1.82) is 0 Å². The number of benzene rings is 3. The van der Waals surface area contributed by atoms with Gasteiger partial charge >= 0.3 is 0 Å². The number of sulfonamides is 1. The van der Waals surface area contributed by atoms with Crippen molar-refractivity contribution >= 4 is 39.1 Å². The van der Waals surface area contributed by atoms with E-state index in [4.69, 9.17) is 16.3 Å². The van der Waals surface area contributed by atoms with Crippen LogP contribution in [-0.4, -0.2) is 51.4 Å². The first kappa shape index (κ1) is 32.9. The Balaban J connectivity index is 2.08. The molecule has 3 rings (SSSR count). The molecule has 2 amide bonds. The van der Waals surface area contributed by atoms with Crippen LogP contribution in [0.1, 0.15) is 43.9 Å². The largest absolute Gasteiger partial charge is 0.497 e. The lowest BCUT2D eigenvalue weighted by Crippen LogP contribution is -2.52. The summed E-state index contributed by atoms with van der Waals surface area (Å²) in [5, 5.41) is 3.30. The van der Waals surface area contributed by atoms with Gasteiger partial charge in [0.1, 0.15) is 18.3 Å². The van der Waals surface area contributed by atoms with Gasteiger partial charge in [-0.15, -0.1) is 0 Å². The highest BCUT2D eigenvalue weighted by Gasteiger charge is 2.34. The summed E-state index contributed by atoms with van der Waals surface area (Å²) in [5.74, 6) is -0.00369. The summed E-state index contributed by atoms with van der Waals surface area (Å²) in [4.78, 5) is 29.0. The van der Waals surface area contributed by atoms with E-state index in [1.807, 2.05) is 40.7 Å². The van der Waals surface area contributed by atoms with Crippen molar-refractivity contribution in [2.45, 2.75) is 58.5 Å². The first-order valence-electron chi connectivity index (χ1n) is 13.9. The molecule has 0 spiro atoms. The molecule has 3 aromatic carbocycles. The fourth-order valence-corrected chi connectivity index (χ4v) is 5.99. The lowest BCUT2D eigenvalue weighted by molar-refractivity contribution is -0.140. The summed E-state index contributed by atoms with van der Waals surface area (Å²) in [5.41, 5.74) is 2.66. The predicted octanol–water partition coefficient (Wildman–Crippen LogP) is 5.74. The normalized spacial score (nSPS) is 12.1. The zero-order valence-electron chi connectivity index (χ0n) is 25.1. The number of nitrogens with zero attached hydrogens (tertiary/aromatic N) is 2. The number of amides is 2. The van der Waals surface area contributed by atoms with E-state index in [1.165, 1.54) is 23.1 Å². The smallest absolute Gasteiger partial charge is 0.264 e. The second kappa shape index (κ2) is 14.6. The van der Waals surface area contributed by atoms with E-state index in [0.717, 1.165) is 21.0 Å². The van der Waals surface area contributed by atoms with Crippen molar-refractivity contribution < 1.29 is 22.7 Å². The Labute approximate surface area is 254 Å². The monoisotopic (exact) mass is 613 g/mol. The van der Waals surface area contributed by atoms with Gasteiger partial charge in [-0.25, -0.2) is 8.42 Å². The lowest BCUT2D eigenvalue weighted by atomic mass is 10.1. The molecular formula is C32H40ClN3O5S. The number of methoxy groups -OCH3 is 1. The van der Waals surface area contributed by atoms with Gasteiger partial charge in [0.05, 0.1) is 17.7 Å². The molecule has 0 aromatic heterocycles. The van der Waals surface area contributed by atoms with Crippen LogP contribution in [0.3, 0.4) is 0 Å². The van der Waals surface area contributed by atoms with Crippen LogP contribution in [0.15, 0.2) is 71.6 Å². The number of carbonyl (C=O) groups excluding carboxylic acids is 2. The zero-order valence-corrected chi connectivity index (χ0v) is 26.6. The lowest BCUT2D eigenvalue weighted by Gasteiger charge is -2.33. The fourth-order valence-electron chi connectivity index (χ4n) is 4.41. The van der Waals surface area contributed by atoms with Gasteiger partial charge in [0, 0.05) is 18.1 Å². The molecule has 0 aliphatic carbocycles. The van der Waals surface area contributed by atoms with Crippen molar-refractivity contribution in [3.63, 3.8) is 0 Å². The molecule has 0 unspecified atom stereocenters. The minimum atomic E-state index is -4.18.